The quantitative estimate of drug-likeness (QED) is 0.332. The number of carbonyl (C=O) groups excluding carboxylic acids is 1. The summed E-state index contributed by atoms with van der Waals surface area (Å²) < 4.78 is 10.5. The van der Waals surface area contributed by atoms with Crippen molar-refractivity contribution in [2.24, 2.45) is 0 Å². The molecule has 0 atom stereocenters. The van der Waals surface area contributed by atoms with Crippen LogP contribution in [0.25, 0.3) is 5.57 Å². The van der Waals surface area contributed by atoms with E-state index in [-0.39, 0.29) is 11.5 Å². The zero-order valence-electron chi connectivity index (χ0n) is 13.4. The second-order valence-corrected chi connectivity index (χ2v) is 5.62. The average Bonchev–Trinajstić information content (AvgIpc) is 3.13. The molecule has 0 fully saturated rings. The Balaban J connectivity index is 1.96. The summed E-state index contributed by atoms with van der Waals surface area (Å²) in [7, 11) is 3.16. The molecule has 0 aliphatic rings. The van der Waals surface area contributed by atoms with Crippen molar-refractivity contribution in [3.05, 3.63) is 52.4 Å². The number of benzene rings is 1. The number of carbonyl (C=O) groups is 1. The molecule has 2 rings (SSSR count). The molecular weight excluding hydrogens is 330 g/mol. The van der Waals surface area contributed by atoms with E-state index in [1.807, 2.05) is 23.6 Å². The summed E-state index contributed by atoms with van der Waals surface area (Å²) >= 11 is 1.46. The van der Waals surface area contributed by atoms with E-state index in [0.717, 1.165) is 11.8 Å². The molecule has 7 heteroatoms. The molecule has 0 aliphatic heterocycles. The first kappa shape index (κ1) is 17.8. The number of thiophene rings is 1. The van der Waals surface area contributed by atoms with Gasteiger partial charge < -0.3 is 19.7 Å². The van der Waals surface area contributed by atoms with Crippen LogP contribution in [-0.4, -0.2) is 31.9 Å². The molecule has 24 heavy (non-hydrogen) atoms. The van der Waals surface area contributed by atoms with Gasteiger partial charge in [0.15, 0.2) is 11.5 Å². The van der Waals surface area contributed by atoms with E-state index in [1.165, 1.54) is 11.3 Å². The van der Waals surface area contributed by atoms with Crippen LogP contribution in [0.3, 0.4) is 0 Å². The van der Waals surface area contributed by atoms with Crippen molar-refractivity contribution in [3.63, 3.8) is 0 Å². The highest BCUT2D eigenvalue weighted by Crippen LogP contribution is 2.27. The molecule has 1 aromatic heterocycles. The van der Waals surface area contributed by atoms with Gasteiger partial charge in [0.05, 0.1) is 19.8 Å². The molecule has 6 nitrogen and oxygen atoms in total. The Morgan fingerprint density at radius 2 is 2.04 bits per heavy atom. The third kappa shape index (κ3) is 4.50. The zero-order chi connectivity index (χ0) is 17.4. The van der Waals surface area contributed by atoms with Crippen LogP contribution >= 0.6 is 11.3 Å². The highest BCUT2D eigenvalue weighted by atomic mass is 32.1. The number of ether oxygens (including phenoxy) is 2. The minimum Gasteiger partial charge on any atom is -0.493 e. The number of nitrogens with one attached hydrogen (secondary N) is 1. The summed E-state index contributed by atoms with van der Waals surface area (Å²) in [6.07, 6.45) is 1.65. The van der Waals surface area contributed by atoms with Crippen LogP contribution in [0.1, 0.15) is 11.1 Å². The van der Waals surface area contributed by atoms with Crippen molar-refractivity contribution in [1.82, 2.24) is 5.32 Å². The van der Waals surface area contributed by atoms with Gasteiger partial charge in [-0.05, 0) is 40.9 Å². The molecule has 0 saturated heterocycles. The van der Waals surface area contributed by atoms with Crippen molar-refractivity contribution in [2.45, 2.75) is 6.42 Å². The second-order valence-electron chi connectivity index (χ2n) is 4.84. The summed E-state index contributed by atoms with van der Waals surface area (Å²) in [4.78, 5) is 16.3. The lowest BCUT2D eigenvalue weighted by atomic mass is 10.1. The van der Waals surface area contributed by atoms with Crippen LogP contribution in [0.5, 0.6) is 11.5 Å². The zero-order valence-corrected chi connectivity index (χ0v) is 14.3. The van der Waals surface area contributed by atoms with E-state index in [4.69, 9.17) is 14.7 Å². The van der Waals surface area contributed by atoms with E-state index in [9.17, 15) is 4.79 Å². The Kier molecular flexibility index (Phi) is 6.65. The highest BCUT2D eigenvalue weighted by molar-refractivity contribution is 7.08. The fourth-order valence-electron chi connectivity index (χ4n) is 2.17. The lowest BCUT2D eigenvalue weighted by Gasteiger charge is -2.10. The Morgan fingerprint density at radius 3 is 2.67 bits per heavy atom. The van der Waals surface area contributed by atoms with Gasteiger partial charge in [0.1, 0.15) is 6.26 Å². The number of hydrogen-bond acceptors (Lipinski definition) is 6. The molecule has 0 bridgehead atoms. The van der Waals surface area contributed by atoms with Gasteiger partial charge in [0, 0.05) is 12.1 Å². The molecule has 0 saturated carbocycles. The molecule has 0 aliphatic carbocycles. The highest BCUT2D eigenvalue weighted by Gasteiger charge is 2.13. The molecular formula is C17H19NO5S. The van der Waals surface area contributed by atoms with Crippen LogP contribution in [0.4, 0.5) is 0 Å². The van der Waals surface area contributed by atoms with Crippen LogP contribution in [-0.2, 0) is 16.1 Å². The molecule has 0 radical (unpaired) electrons. The van der Waals surface area contributed by atoms with Gasteiger partial charge in [-0.15, -0.1) is 0 Å². The first-order chi connectivity index (χ1) is 11.7. The number of rotatable bonds is 8. The first-order valence-electron chi connectivity index (χ1n) is 7.21. The number of methoxy groups -OCH3 is 2. The smallest absolute Gasteiger partial charge is 0.255 e. The van der Waals surface area contributed by atoms with Crippen LogP contribution in [0.2, 0.25) is 0 Å². The summed E-state index contributed by atoms with van der Waals surface area (Å²) in [6.45, 7) is 0.432. The van der Waals surface area contributed by atoms with Gasteiger partial charge in [-0.25, -0.2) is 5.26 Å². The minimum atomic E-state index is -0.317. The minimum absolute atomic E-state index is 0.270. The standard InChI is InChI=1S/C17H19NO5S/c1-21-15-4-3-12(9-16(15)22-2)5-7-18-17(19)14(10-23-20)13-6-8-24-11-13/h3-4,6,8-11,20H,5,7H2,1-2H3,(H,18,19)/b14-10+. The van der Waals surface area contributed by atoms with E-state index < -0.39 is 0 Å². The van der Waals surface area contributed by atoms with Crippen LogP contribution in [0.15, 0.2) is 41.3 Å². The summed E-state index contributed by atoms with van der Waals surface area (Å²) in [5.74, 6) is 0.991. The summed E-state index contributed by atoms with van der Waals surface area (Å²) in [5.41, 5.74) is 1.97. The van der Waals surface area contributed by atoms with E-state index in [1.54, 1.807) is 25.7 Å². The average molecular weight is 349 g/mol. The van der Waals surface area contributed by atoms with Crippen molar-refractivity contribution in [3.8, 4) is 11.5 Å². The monoisotopic (exact) mass is 349 g/mol. The Morgan fingerprint density at radius 1 is 1.25 bits per heavy atom. The fourth-order valence-corrected chi connectivity index (χ4v) is 2.83. The lowest BCUT2D eigenvalue weighted by Crippen LogP contribution is -2.26. The van der Waals surface area contributed by atoms with Gasteiger partial charge in [-0.1, -0.05) is 6.07 Å². The van der Waals surface area contributed by atoms with E-state index >= 15 is 0 Å². The molecule has 0 spiro atoms. The summed E-state index contributed by atoms with van der Waals surface area (Å²) in [5, 5.41) is 15.1. The Hall–Kier alpha value is -2.51. The molecule has 2 aromatic rings. The number of hydrogen-bond donors (Lipinski definition) is 2. The molecule has 128 valence electrons. The predicted octanol–water partition coefficient (Wildman–Crippen LogP) is 2.95. The number of amides is 1. The first-order valence-corrected chi connectivity index (χ1v) is 8.16. The maximum absolute atomic E-state index is 12.2. The third-order valence-electron chi connectivity index (χ3n) is 3.39. The van der Waals surface area contributed by atoms with E-state index in [0.29, 0.717) is 30.0 Å². The van der Waals surface area contributed by atoms with Gasteiger partial charge in [0.25, 0.3) is 5.91 Å². The molecule has 1 aromatic carbocycles. The topological polar surface area (TPSA) is 77.0 Å². The van der Waals surface area contributed by atoms with Crippen molar-refractivity contribution >= 4 is 22.8 Å². The maximum atomic E-state index is 12.2. The van der Waals surface area contributed by atoms with Gasteiger partial charge in [0.2, 0.25) is 0 Å². The van der Waals surface area contributed by atoms with Crippen molar-refractivity contribution < 1.29 is 24.4 Å². The normalized spacial score (nSPS) is 11.0. The molecule has 1 heterocycles. The largest absolute Gasteiger partial charge is 0.493 e. The molecule has 1 amide bonds. The van der Waals surface area contributed by atoms with Crippen LogP contribution < -0.4 is 14.8 Å². The lowest BCUT2D eigenvalue weighted by molar-refractivity contribution is -0.186. The second kappa shape index (κ2) is 8.95. The predicted molar refractivity (Wildman–Crippen MR) is 92.3 cm³/mol. The van der Waals surface area contributed by atoms with Gasteiger partial charge in [-0.2, -0.15) is 11.3 Å². The van der Waals surface area contributed by atoms with Crippen molar-refractivity contribution in [2.75, 3.05) is 20.8 Å². The van der Waals surface area contributed by atoms with Crippen molar-refractivity contribution in [1.29, 1.82) is 0 Å². The van der Waals surface area contributed by atoms with Crippen LogP contribution in [0, 0.1) is 0 Å². The van der Waals surface area contributed by atoms with E-state index in [2.05, 4.69) is 10.2 Å². The SMILES string of the molecule is COc1ccc(CCNC(=O)/C(=C/OO)c2ccsc2)cc1OC. The third-order valence-corrected chi connectivity index (χ3v) is 4.08. The Bertz CT molecular complexity index is 697. The Labute approximate surface area is 144 Å². The van der Waals surface area contributed by atoms with Gasteiger partial charge in [-0.3, -0.25) is 4.79 Å². The fraction of sp³-hybridized carbons (Fsp3) is 0.235. The maximum Gasteiger partial charge on any atom is 0.255 e. The summed E-state index contributed by atoms with van der Waals surface area (Å²) in [6, 6.07) is 7.40. The van der Waals surface area contributed by atoms with Gasteiger partial charge >= 0.3 is 0 Å². The molecule has 0 unspecified atom stereocenters. The molecule has 2 N–H and O–H groups in total.